The van der Waals surface area contributed by atoms with Crippen molar-refractivity contribution in [3.8, 4) is 11.3 Å². The third-order valence-corrected chi connectivity index (χ3v) is 2.97. The topological polar surface area (TPSA) is 56.2 Å². The van der Waals surface area contributed by atoms with Crippen LogP contribution < -0.4 is 5.73 Å². The predicted molar refractivity (Wildman–Crippen MR) is 71.1 cm³/mol. The van der Waals surface area contributed by atoms with Gasteiger partial charge in [-0.15, -0.1) is 0 Å². The Balaban J connectivity index is 2.09. The Kier molecular flexibility index (Phi) is 2.97. The summed E-state index contributed by atoms with van der Waals surface area (Å²) in [6.45, 7) is 0.552. The maximum Gasteiger partial charge on any atom is 0.153 e. The first-order chi connectivity index (χ1) is 9.28. The van der Waals surface area contributed by atoms with E-state index in [1.54, 1.807) is 22.8 Å². The van der Waals surface area contributed by atoms with Crippen molar-refractivity contribution in [1.29, 1.82) is 0 Å². The highest BCUT2D eigenvalue weighted by Crippen LogP contribution is 2.18. The van der Waals surface area contributed by atoms with E-state index in [4.69, 9.17) is 5.73 Å². The Bertz CT molecular complexity index is 703. The molecule has 5 heteroatoms. The van der Waals surface area contributed by atoms with Crippen LogP contribution in [0.25, 0.3) is 16.9 Å². The van der Waals surface area contributed by atoms with Gasteiger partial charge in [-0.1, -0.05) is 0 Å². The molecule has 2 aromatic heterocycles. The first-order valence-corrected chi connectivity index (χ1v) is 6.07. The Hall–Kier alpha value is -2.27. The first kappa shape index (κ1) is 11.8. The van der Waals surface area contributed by atoms with Crippen LogP contribution in [0.1, 0.15) is 5.69 Å². The van der Waals surface area contributed by atoms with Crippen molar-refractivity contribution in [2.24, 2.45) is 5.73 Å². The second-order valence-electron chi connectivity index (χ2n) is 4.28. The molecule has 0 spiro atoms. The molecule has 0 saturated carbocycles. The lowest BCUT2D eigenvalue weighted by atomic mass is 10.1. The molecule has 0 aliphatic carbocycles. The average molecular weight is 256 g/mol. The second-order valence-corrected chi connectivity index (χ2v) is 4.28. The standard InChI is InChI=1S/C14H13FN4/c15-11-3-1-10(2-4-11)13-5-6-14-17-9-12(7-8-16)19(14)18-13/h1-6,9H,7-8,16H2. The molecule has 0 aliphatic heterocycles. The molecule has 96 valence electrons. The predicted octanol–water partition coefficient (Wildman–Crippen LogP) is 2.04. The van der Waals surface area contributed by atoms with Crippen molar-refractivity contribution in [3.05, 3.63) is 54.1 Å². The van der Waals surface area contributed by atoms with Gasteiger partial charge in [0.25, 0.3) is 0 Å². The Morgan fingerprint density at radius 2 is 1.89 bits per heavy atom. The fourth-order valence-corrected chi connectivity index (χ4v) is 2.01. The molecule has 19 heavy (non-hydrogen) atoms. The third-order valence-electron chi connectivity index (χ3n) is 2.97. The minimum Gasteiger partial charge on any atom is -0.330 e. The van der Waals surface area contributed by atoms with Gasteiger partial charge in [-0.05, 0) is 42.9 Å². The molecule has 0 unspecified atom stereocenters. The largest absolute Gasteiger partial charge is 0.330 e. The van der Waals surface area contributed by atoms with Crippen molar-refractivity contribution >= 4 is 5.65 Å². The smallest absolute Gasteiger partial charge is 0.153 e. The highest BCUT2D eigenvalue weighted by Gasteiger charge is 2.06. The summed E-state index contributed by atoms with van der Waals surface area (Å²) in [6.07, 6.45) is 2.50. The normalized spacial score (nSPS) is 11.1. The SMILES string of the molecule is NCCc1cnc2ccc(-c3ccc(F)cc3)nn12. The molecule has 0 fully saturated rings. The van der Waals surface area contributed by atoms with Gasteiger partial charge in [-0.25, -0.2) is 13.9 Å². The zero-order valence-electron chi connectivity index (χ0n) is 10.3. The van der Waals surface area contributed by atoms with Crippen molar-refractivity contribution in [2.45, 2.75) is 6.42 Å². The zero-order valence-corrected chi connectivity index (χ0v) is 10.3. The summed E-state index contributed by atoms with van der Waals surface area (Å²) in [5, 5.41) is 4.53. The summed E-state index contributed by atoms with van der Waals surface area (Å²) < 4.78 is 14.7. The number of aromatic nitrogens is 3. The Morgan fingerprint density at radius 3 is 2.63 bits per heavy atom. The van der Waals surface area contributed by atoms with E-state index < -0.39 is 0 Å². The lowest BCUT2D eigenvalue weighted by Gasteiger charge is -2.03. The number of imidazole rings is 1. The monoisotopic (exact) mass is 256 g/mol. The van der Waals surface area contributed by atoms with E-state index in [9.17, 15) is 4.39 Å². The van der Waals surface area contributed by atoms with Gasteiger partial charge in [-0.3, -0.25) is 0 Å². The molecule has 3 rings (SSSR count). The summed E-state index contributed by atoms with van der Waals surface area (Å²) in [7, 11) is 0. The van der Waals surface area contributed by atoms with E-state index in [-0.39, 0.29) is 5.82 Å². The quantitative estimate of drug-likeness (QED) is 0.780. The van der Waals surface area contributed by atoms with Crippen LogP contribution in [0.2, 0.25) is 0 Å². The van der Waals surface area contributed by atoms with Gasteiger partial charge in [0.2, 0.25) is 0 Å². The average Bonchev–Trinajstić information content (AvgIpc) is 2.83. The highest BCUT2D eigenvalue weighted by atomic mass is 19.1. The summed E-state index contributed by atoms with van der Waals surface area (Å²) in [5.74, 6) is -0.253. The fourth-order valence-electron chi connectivity index (χ4n) is 2.01. The number of benzene rings is 1. The summed E-state index contributed by atoms with van der Waals surface area (Å²) >= 11 is 0. The molecule has 0 amide bonds. The molecule has 3 aromatic rings. The van der Waals surface area contributed by atoms with Gasteiger partial charge >= 0.3 is 0 Å². The van der Waals surface area contributed by atoms with Crippen molar-refractivity contribution in [3.63, 3.8) is 0 Å². The number of halogens is 1. The molecule has 0 radical (unpaired) electrons. The van der Waals surface area contributed by atoms with Crippen LogP contribution in [0, 0.1) is 5.82 Å². The van der Waals surface area contributed by atoms with E-state index in [1.165, 1.54) is 12.1 Å². The molecule has 0 saturated heterocycles. The molecule has 4 nitrogen and oxygen atoms in total. The Labute approximate surface area is 109 Å². The number of rotatable bonds is 3. The summed E-state index contributed by atoms with van der Waals surface area (Å²) in [6, 6.07) is 10.0. The molecule has 0 bridgehead atoms. The van der Waals surface area contributed by atoms with E-state index in [2.05, 4.69) is 10.1 Å². The zero-order chi connectivity index (χ0) is 13.2. The third kappa shape index (κ3) is 2.20. The number of hydrogen-bond donors (Lipinski definition) is 1. The number of nitrogens with two attached hydrogens (primary N) is 1. The van der Waals surface area contributed by atoms with Crippen LogP contribution >= 0.6 is 0 Å². The van der Waals surface area contributed by atoms with Crippen LogP contribution in [0.15, 0.2) is 42.6 Å². The van der Waals surface area contributed by atoms with Crippen LogP contribution in [0.5, 0.6) is 0 Å². The minimum absolute atomic E-state index is 0.253. The van der Waals surface area contributed by atoms with Crippen LogP contribution in [-0.4, -0.2) is 21.1 Å². The molecule has 2 N–H and O–H groups in total. The molecule has 0 atom stereocenters. The van der Waals surface area contributed by atoms with Gasteiger partial charge in [0.1, 0.15) is 5.82 Å². The maximum atomic E-state index is 12.9. The number of hydrogen-bond acceptors (Lipinski definition) is 3. The van der Waals surface area contributed by atoms with Crippen LogP contribution in [0.4, 0.5) is 4.39 Å². The Morgan fingerprint density at radius 1 is 1.11 bits per heavy atom. The van der Waals surface area contributed by atoms with E-state index in [0.717, 1.165) is 29.0 Å². The van der Waals surface area contributed by atoms with Gasteiger partial charge in [-0.2, -0.15) is 5.10 Å². The second kappa shape index (κ2) is 4.78. The highest BCUT2D eigenvalue weighted by molar-refractivity contribution is 5.60. The van der Waals surface area contributed by atoms with E-state index >= 15 is 0 Å². The minimum atomic E-state index is -0.253. The lowest BCUT2D eigenvalue weighted by molar-refractivity contribution is 0.628. The molecular formula is C14H13FN4. The van der Waals surface area contributed by atoms with Crippen LogP contribution in [0.3, 0.4) is 0 Å². The van der Waals surface area contributed by atoms with E-state index in [1.807, 2.05) is 12.1 Å². The van der Waals surface area contributed by atoms with Crippen molar-refractivity contribution in [1.82, 2.24) is 14.6 Å². The van der Waals surface area contributed by atoms with Gasteiger partial charge in [0.15, 0.2) is 5.65 Å². The lowest BCUT2D eigenvalue weighted by Crippen LogP contribution is -2.06. The van der Waals surface area contributed by atoms with E-state index in [0.29, 0.717) is 6.54 Å². The molecule has 0 aliphatic rings. The van der Waals surface area contributed by atoms with Gasteiger partial charge in [0, 0.05) is 12.0 Å². The number of fused-ring (bicyclic) bond motifs is 1. The van der Waals surface area contributed by atoms with Gasteiger partial charge in [0.05, 0.1) is 17.6 Å². The molecule has 1 aromatic carbocycles. The molecular weight excluding hydrogens is 243 g/mol. The van der Waals surface area contributed by atoms with Crippen molar-refractivity contribution < 1.29 is 4.39 Å². The van der Waals surface area contributed by atoms with Crippen LogP contribution in [-0.2, 0) is 6.42 Å². The van der Waals surface area contributed by atoms with Crippen molar-refractivity contribution in [2.75, 3.05) is 6.54 Å². The van der Waals surface area contributed by atoms with Gasteiger partial charge < -0.3 is 5.73 Å². The number of nitrogens with zero attached hydrogens (tertiary/aromatic N) is 3. The first-order valence-electron chi connectivity index (χ1n) is 6.07. The fraction of sp³-hybridized carbons (Fsp3) is 0.143. The maximum absolute atomic E-state index is 12.9. The molecule has 2 heterocycles. The summed E-state index contributed by atoms with van der Waals surface area (Å²) in [5.41, 5.74) is 8.98. The summed E-state index contributed by atoms with van der Waals surface area (Å²) in [4.78, 5) is 4.27.